The Morgan fingerprint density at radius 3 is 2.00 bits per heavy atom. The lowest BCUT2D eigenvalue weighted by Gasteiger charge is -2.47. The molecule has 5 aliphatic heterocycles. The van der Waals surface area contributed by atoms with Crippen molar-refractivity contribution in [2.45, 2.75) is 37.8 Å². The third-order valence-electron chi connectivity index (χ3n) is 5.72. The monoisotopic (exact) mass is 235 g/mol. The number of nitrogens with one attached hydrogen (secondary N) is 1. The number of hydrogen-bond donors (Lipinski definition) is 1. The van der Waals surface area contributed by atoms with Gasteiger partial charge in [-0.3, -0.25) is 0 Å². The van der Waals surface area contributed by atoms with Gasteiger partial charge in [0, 0.05) is 25.2 Å². The third-order valence-corrected chi connectivity index (χ3v) is 5.72. The smallest absolute Gasteiger partial charge is 0.0226 e. The molecule has 0 aromatic rings. The largest absolute Gasteiger partial charge is 0.309 e. The Morgan fingerprint density at radius 1 is 0.647 bits per heavy atom. The molecule has 5 aliphatic rings. The highest BCUT2D eigenvalue weighted by molar-refractivity contribution is 4.97. The highest BCUT2D eigenvalue weighted by Gasteiger charge is 2.39. The lowest BCUT2D eigenvalue weighted by Crippen LogP contribution is -2.60. The first kappa shape index (κ1) is 10.8. The topological polar surface area (TPSA) is 18.5 Å². The molecule has 5 rings (SSSR count). The molecule has 4 bridgehead atoms. The van der Waals surface area contributed by atoms with Gasteiger partial charge in [0.25, 0.3) is 0 Å². The Balaban J connectivity index is 1.40. The van der Waals surface area contributed by atoms with Gasteiger partial charge in [0.1, 0.15) is 0 Å². The van der Waals surface area contributed by atoms with Crippen LogP contribution >= 0.6 is 0 Å². The average Bonchev–Trinajstić information content (AvgIpc) is 2.77. The van der Waals surface area contributed by atoms with Crippen molar-refractivity contribution in [1.82, 2.24) is 15.1 Å². The molecule has 96 valence electrons. The fraction of sp³-hybridized carbons (Fsp3) is 1.00. The lowest BCUT2D eigenvalue weighted by atomic mass is 9.82. The van der Waals surface area contributed by atoms with Crippen molar-refractivity contribution in [1.29, 1.82) is 0 Å². The van der Waals surface area contributed by atoms with Gasteiger partial charge in [0.2, 0.25) is 0 Å². The zero-order valence-electron chi connectivity index (χ0n) is 10.8. The van der Waals surface area contributed by atoms with E-state index in [1.54, 1.807) is 0 Å². The van der Waals surface area contributed by atoms with Crippen LogP contribution < -0.4 is 5.32 Å². The van der Waals surface area contributed by atoms with E-state index in [1.807, 2.05) is 0 Å². The first-order valence-corrected chi connectivity index (χ1v) is 7.59. The van der Waals surface area contributed by atoms with E-state index in [4.69, 9.17) is 0 Å². The summed E-state index contributed by atoms with van der Waals surface area (Å²) < 4.78 is 0. The molecule has 0 aromatic heterocycles. The maximum atomic E-state index is 4.05. The normalized spacial score (nSPS) is 52.9. The zero-order valence-corrected chi connectivity index (χ0v) is 10.8. The molecule has 0 amide bonds. The Morgan fingerprint density at radius 2 is 1.29 bits per heavy atom. The summed E-state index contributed by atoms with van der Waals surface area (Å²) in [6.45, 7) is 8.14. The van der Waals surface area contributed by atoms with Gasteiger partial charge in [-0.25, -0.2) is 0 Å². The van der Waals surface area contributed by atoms with Gasteiger partial charge in [-0.15, -0.1) is 0 Å². The quantitative estimate of drug-likeness (QED) is 0.762. The van der Waals surface area contributed by atoms with Crippen LogP contribution in [0.4, 0.5) is 0 Å². The van der Waals surface area contributed by atoms with Gasteiger partial charge in [-0.05, 0) is 63.7 Å². The predicted molar refractivity (Wildman–Crippen MR) is 69.0 cm³/mol. The predicted octanol–water partition coefficient (Wildman–Crippen LogP) is 0.764. The second-order valence-corrected chi connectivity index (χ2v) is 6.66. The Hall–Kier alpha value is -0.120. The van der Waals surface area contributed by atoms with Crippen LogP contribution in [0.5, 0.6) is 0 Å². The van der Waals surface area contributed by atoms with Crippen LogP contribution in [-0.4, -0.2) is 61.2 Å². The molecular formula is C14H25N3. The molecular weight excluding hydrogens is 210 g/mol. The number of fused-ring (bicyclic) bond motifs is 5. The molecule has 0 aromatic carbocycles. The molecule has 5 heterocycles. The lowest BCUT2D eigenvalue weighted by molar-refractivity contribution is 0.0579. The van der Waals surface area contributed by atoms with Gasteiger partial charge in [0.15, 0.2) is 0 Å². The first-order valence-electron chi connectivity index (χ1n) is 7.59. The molecule has 0 spiro atoms. The molecule has 17 heavy (non-hydrogen) atoms. The van der Waals surface area contributed by atoms with E-state index in [0.717, 1.165) is 23.9 Å². The van der Waals surface area contributed by atoms with E-state index in [9.17, 15) is 0 Å². The summed E-state index contributed by atoms with van der Waals surface area (Å²) in [7, 11) is 0. The van der Waals surface area contributed by atoms with Gasteiger partial charge in [-0.1, -0.05) is 0 Å². The van der Waals surface area contributed by atoms with Crippen LogP contribution in [0.15, 0.2) is 0 Å². The van der Waals surface area contributed by atoms with E-state index < -0.39 is 0 Å². The minimum absolute atomic E-state index is 0.814. The van der Waals surface area contributed by atoms with Gasteiger partial charge >= 0.3 is 0 Å². The van der Waals surface area contributed by atoms with Crippen LogP contribution in [0, 0.1) is 11.8 Å². The number of hydrogen-bond acceptors (Lipinski definition) is 3. The molecule has 5 saturated heterocycles. The SMILES string of the molecule is C1CN2CCC(NC3CN4CCC3CC4)C1C2. The van der Waals surface area contributed by atoms with Crippen LogP contribution in [0.2, 0.25) is 0 Å². The fourth-order valence-corrected chi connectivity index (χ4v) is 4.60. The van der Waals surface area contributed by atoms with E-state index in [0.29, 0.717) is 0 Å². The Labute approximate surface area is 105 Å². The maximum Gasteiger partial charge on any atom is 0.0226 e. The highest BCUT2D eigenvalue weighted by atomic mass is 15.2. The summed E-state index contributed by atoms with van der Waals surface area (Å²) in [4.78, 5) is 5.32. The molecule has 0 saturated carbocycles. The van der Waals surface area contributed by atoms with Crippen molar-refractivity contribution in [2.75, 3.05) is 39.3 Å². The third kappa shape index (κ3) is 1.92. The van der Waals surface area contributed by atoms with Crippen LogP contribution in [0.25, 0.3) is 0 Å². The summed E-state index contributed by atoms with van der Waals surface area (Å²) in [6.07, 6.45) is 5.73. The van der Waals surface area contributed by atoms with Gasteiger partial charge in [-0.2, -0.15) is 0 Å². The highest BCUT2D eigenvalue weighted by Crippen LogP contribution is 2.31. The van der Waals surface area contributed by atoms with Crippen LogP contribution in [0.3, 0.4) is 0 Å². The average molecular weight is 235 g/mol. The van der Waals surface area contributed by atoms with Crippen molar-refractivity contribution >= 4 is 0 Å². The summed E-state index contributed by atoms with van der Waals surface area (Å²) in [6, 6.07) is 1.65. The van der Waals surface area contributed by atoms with Crippen LogP contribution in [-0.2, 0) is 0 Å². The van der Waals surface area contributed by atoms with Crippen molar-refractivity contribution in [2.24, 2.45) is 11.8 Å². The fourth-order valence-electron chi connectivity index (χ4n) is 4.60. The molecule has 4 unspecified atom stereocenters. The molecule has 4 atom stereocenters. The van der Waals surface area contributed by atoms with E-state index >= 15 is 0 Å². The number of rotatable bonds is 2. The van der Waals surface area contributed by atoms with Crippen molar-refractivity contribution < 1.29 is 0 Å². The second-order valence-electron chi connectivity index (χ2n) is 6.66. The van der Waals surface area contributed by atoms with Gasteiger partial charge in [0.05, 0.1) is 0 Å². The minimum Gasteiger partial charge on any atom is -0.309 e. The number of piperidine rings is 4. The number of nitrogens with zero attached hydrogens (tertiary/aromatic N) is 2. The standard InChI is InChI=1S/C14H25N3/c1-5-17-6-2-11(1)14(10-17)15-13-4-8-16-7-3-12(13)9-16/h11-15H,1-10H2. The van der Waals surface area contributed by atoms with E-state index in [-0.39, 0.29) is 0 Å². The van der Waals surface area contributed by atoms with Crippen molar-refractivity contribution in [3.63, 3.8) is 0 Å². The molecule has 0 radical (unpaired) electrons. The minimum atomic E-state index is 0.814. The molecule has 0 aliphatic carbocycles. The molecule has 1 N–H and O–H groups in total. The molecule has 3 nitrogen and oxygen atoms in total. The summed E-state index contributed by atoms with van der Waals surface area (Å²) in [5.74, 6) is 1.94. The van der Waals surface area contributed by atoms with E-state index in [1.165, 1.54) is 65.0 Å². The van der Waals surface area contributed by atoms with E-state index in [2.05, 4.69) is 15.1 Å². The first-order chi connectivity index (χ1) is 8.38. The van der Waals surface area contributed by atoms with Crippen molar-refractivity contribution in [3.05, 3.63) is 0 Å². The van der Waals surface area contributed by atoms with Crippen molar-refractivity contribution in [3.8, 4) is 0 Å². The Bertz CT molecular complexity index is 278. The summed E-state index contributed by atoms with van der Waals surface area (Å²) in [5, 5.41) is 4.05. The Kier molecular flexibility index (Phi) is 2.67. The summed E-state index contributed by atoms with van der Waals surface area (Å²) in [5.41, 5.74) is 0. The van der Waals surface area contributed by atoms with Gasteiger partial charge < -0.3 is 15.1 Å². The van der Waals surface area contributed by atoms with Crippen LogP contribution in [0.1, 0.15) is 25.7 Å². The molecule has 5 fully saturated rings. The summed E-state index contributed by atoms with van der Waals surface area (Å²) >= 11 is 0. The maximum absolute atomic E-state index is 4.05. The second kappa shape index (κ2) is 4.22. The zero-order chi connectivity index (χ0) is 11.2. The molecule has 3 heteroatoms.